The number of fused-ring (bicyclic) bond motifs is 1. The Bertz CT molecular complexity index is 572. The summed E-state index contributed by atoms with van der Waals surface area (Å²) in [7, 11) is 0. The molecule has 1 nitrogen and oxygen atoms in total. The van der Waals surface area contributed by atoms with Gasteiger partial charge in [0.05, 0.1) is 0 Å². The van der Waals surface area contributed by atoms with E-state index in [9.17, 15) is 0 Å². The Morgan fingerprint density at radius 2 is 2.00 bits per heavy atom. The zero-order valence-corrected chi connectivity index (χ0v) is 11.6. The number of nitrogens with one attached hydrogen (secondary N) is 1. The highest BCUT2D eigenvalue weighted by molar-refractivity contribution is 5.75. The number of aryl methyl sites for hydroxylation is 1. The Morgan fingerprint density at radius 3 is 2.89 bits per heavy atom. The Hall–Kier alpha value is -1.76. The third kappa shape index (κ3) is 2.51. The molecule has 19 heavy (non-hydrogen) atoms. The van der Waals surface area contributed by atoms with Crippen LogP contribution in [0.15, 0.2) is 42.5 Å². The van der Waals surface area contributed by atoms with E-state index < -0.39 is 0 Å². The van der Waals surface area contributed by atoms with Crippen LogP contribution in [0.1, 0.15) is 30.9 Å². The van der Waals surface area contributed by atoms with Crippen LogP contribution in [0.5, 0.6) is 0 Å². The van der Waals surface area contributed by atoms with Crippen molar-refractivity contribution < 1.29 is 0 Å². The molecule has 0 spiro atoms. The molecule has 2 aromatic rings. The van der Waals surface area contributed by atoms with E-state index in [1.165, 1.54) is 53.6 Å². The minimum absolute atomic E-state index is 1.10. The van der Waals surface area contributed by atoms with E-state index in [0.29, 0.717) is 0 Å². The van der Waals surface area contributed by atoms with Crippen LogP contribution in [0.2, 0.25) is 0 Å². The molecule has 0 aromatic heterocycles. The second kappa shape index (κ2) is 5.48. The van der Waals surface area contributed by atoms with Crippen molar-refractivity contribution in [2.75, 3.05) is 11.9 Å². The highest BCUT2D eigenvalue weighted by Gasteiger charge is 2.13. The molecule has 0 saturated heterocycles. The van der Waals surface area contributed by atoms with E-state index in [0.717, 1.165) is 6.54 Å². The van der Waals surface area contributed by atoms with Gasteiger partial charge in [0.15, 0.2) is 0 Å². The lowest BCUT2D eigenvalue weighted by Crippen LogP contribution is -2.12. The molecule has 0 aliphatic carbocycles. The van der Waals surface area contributed by atoms with Crippen LogP contribution < -0.4 is 5.32 Å². The molecule has 98 valence electrons. The summed E-state index contributed by atoms with van der Waals surface area (Å²) in [5.74, 6) is 0. The third-order valence-corrected chi connectivity index (χ3v) is 3.87. The summed E-state index contributed by atoms with van der Waals surface area (Å²) < 4.78 is 0. The molecule has 1 heteroatoms. The monoisotopic (exact) mass is 251 g/mol. The Labute approximate surface area is 115 Å². The third-order valence-electron chi connectivity index (χ3n) is 3.87. The standard InChI is InChI=1S/C18H21N/c1-2-6-14-7-3-8-15(13-14)16-9-4-11-18-17(16)10-5-12-19-18/h3-4,7-9,11,13,19H,2,5-6,10,12H2,1H3. The predicted octanol–water partition coefficient (Wildman–Crippen LogP) is 4.66. The Balaban J connectivity index is 2.04. The molecule has 1 aliphatic heterocycles. The van der Waals surface area contributed by atoms with Crippen molar-refractivity contribution in [1.29, 1.82) is 0 Å². The molecule has 0 amide bonds. The molecule has 0 atom stereocenters. The van der Waals surface area contributed by atoms with E-state index in [-0.39, 0.29) is 0 Å². The van der Waals surface area contributed by atoms with E-state index in [1.54, 1.807) is 0 Å². The highest BCUT2D eigenvalue weighted by Crippen LogP contribution is 2.32. The lowest BCUT2D eigenvalue weighted by molar-refractivity contribution is 0.832. The number of benzene rings is 2. The van der Waals surface area contributed by atoms with Gasteiger partial charge in [0.25, 0.3) is 0 Å². The second-order valence-corrected chi connectivity index (χ2v) is 5.31. The topological polar surface area (TPSA) is 12.0 Å². The zero-order valence-electron chi connectivity index (χ0n) is 11.6. The molecule has 0 radical (unpaired) electrons. The molecule has 1 aliphatic rings. The first-order chi connectivity index (χ1) is 9.38. The maximum atomic E-state index is 3.51. The SMILES string of the molecule is CCCc1cccc(-c2cccc3c2CCCN3)c1. The van der Waals surface area contributed by atoms with E-state index in [4.69, 9.17) is 0 Å². The Morgan fingerprint density at radius 1 is 1.11 bits per heavy atom. The summed E-state index contributed by atoms with van der Waals surface area (Å²) in [4.78, 5) is 0. The van der Waals surface area contributed by atoms with Gasteiger partial charge in [0.2, 0.25) is 0 Å². The smallest absolute Gasteiger partial charge is 0.0378 e. The minimum Gasteiger partial charge on any atom is -0.385 e. The second-order valence-electron chi connectivity index (χ2n) is 5.31. The highest BCUT2D eigenvalue weighted by atomic mass is 14.9. The maximum Gasteiger partial charge on any atom is 0.0378 e. The first kappa shape index (κ1) is 12.3. The molecule has 0 saturated carbocycles. The van der Waals surface area contributed by atoms with Gasteiger partial charge < -0.3 is 5.32 Å². The summed E-state index contributed by atoms with van der Waals surface area (Å²) in [5.41, 5.74) is 7.03. The molecule has 0 unspecified atom stereocenters. The minimum atomic E-state index is 1.10. The average Bonchev–Trinajstić information content (AvgIpc) is 2.47. The lowest BCUT2D eigenvalue weighted by atomic mass is 9.92. The predicted molar refractivity (Wildman–Crippen MR) is 82.7 cm³/mol. The van der Waals surface area contributed by atoms with Crippen molar-refractivity contribution in [1.82, 2.24) is 0 Å². The van der Waals surface area contributed by atoms with Gasteiger partial charge in [-0.05, 0) is 47.6 Å². The lowest BCUT2D eigenvalue weighted by Gasteiger charge is -2.21. The van der Waals surface area contributed by atoms with Crippen LogP contribution in [0.3, 0.4) is 0 Å². The molecule has 1 heterocycles. The molecular weight excluding hydrogens is 230 g/mol. The summed E-state index contributed by atoms with van der Waals surface area (Å²) >= 11 is 0. The van der Waals surface area contributed by atoms with Crippen LogP contribution in [-0.4, -0.2) is 6.54 Å². The molecule has 0 fully saturated rings. The van der Waals surface area contributed by atoms with Gasteiger partial charge in [-0.15, -0.1) is 0 Å². The fourth-order valence-electron chi connectivity index (χ4n) is 2.96. The van der Waals surface area contributed by atoms with Gasteiger partial charge >= 0.3 is 0 Å². The quantitative estimate of drug-likeness (QED) is 0.836. The van der Waals surface area contributed by atoms with Crippen LogP contribution in [0.4, 0.5) is 5.69 Å². The van der Waals surface area contributed by atoms with Gasteiger partial charge in [-0.2, -0.15) is 0 Å². The van der Waals surface area contributed by atoms with Crippen LogP contribution in [0.25, 0.3) is 11.1 Å². The van der Waals surface area contributed by atoms with E-state index in [2.05, 4.69) is 54.7 Å². The number of anilines is 1. The van der Waals surface area contributed by atoms with Gasteiger partial charge in [0, 0.05) is 12.2 Å². The zero-order chi connectivity index (χ0) is 13.1. The summed E-state index contributed by atoms with van der Waals surface area (Å²) in [6, 6.07) is 15.7. The van der Waals surface area contributed by atoms with Crippen molar-refractivity contribution in [2.45, 2.75) is 32.6 Å². The van der Waals surface area contributed by atoms with E-state index >= 15 is 0 Å². The molecule has 2 aromatic carbocycles. The van der Waals surface area contributed by atoms with Crippen molar-refractivity contribution in [3.63, 3.8) is 0 Å². The van der Waals surface area contributed by atoms with Crippen molar-refractivity contribution in [2.24, 2.45) is 0 Å². The Kier molecular flexibility index (Phi) is 3.54. The van der Waals surface area contributed by atoms with Gasteiger partial charge in [-0.1, -0.05) is 49.7 Å². The van der Waals surface area contributed by atoms with E-state index in [1.807, 2.05) is 0 Å². The molecule has 1 N–H and O–H groups in total. The fourth-order valence-corrected chi connectivity index (χ4v) is 2.96. The van der Waals surface area contributed by atoms with Crippen molar-refractivity contribution in [3.8, 4) is 11.1 Å². The van der Waals surface area contributed by atoms with Crippen LogP contribution >= 0.6 is 0 Å². The first-order valence-electron chi connectivity index (χ1n) is 7.33. The normalized spacial score (nSPS) is 13.7. The molecule has 3 rings (SSSR count). The number of hydrogen-bond donors (Lipinski definition) is 1. The molecule has 0 bridgehead atoms. The average molecular weight is 251 g/mol. The summed E-state index contributed by atoms with van der Waals surface area (Å²) in [6.07, 6.45) is 4.80. The molecular formula is C18H21N. The van der Waals surface area contributed by atoms with Crippen LogP contribution in [-0.2, 0) is 12.8 Å². The van der Waals surface area contributed by atoms with Crippen LogP contribution in [0, 0.1) is 0 Å². The van der Waals surface area contributed by atoms with Crippen molar-refractivity contribution in [3.05, 3.63) is 53.6 Å². The summed E-state index contributed by atoms with van der Waals surface area (Å²) in [5, 5.41) is 3.51. The number of rotatable bonds is 3. The fraction of sp³-hybridized carbons (Fsp3) is 0.333. The first-order valence-corrected chi connectivity index (χ1v) is 7.33. The van der Waals surface area contributed by atoms with Gasteiger partial charge in [0.1, 0.15) is 0 Å². The maximum absolute atomic E-state index is 3.51. The number of hydrogen-bond acceptors (Lipinski definition) is 1. The van der Waals surface area contributed by atoms with Gasteiger partial charge in [-0.25, -0.2) is 0 Å². The van der Waals surface area contributed by atoms with Gasteiger partial charge in [-0.3, -0.25) is 0 Å². The van der Waals surface area contributed by atoms with Crippen molar-refractivity contribution >= 4 is 5.69 Å². The largest absolute Gasteiger partial charge is 0.385 e. The summed E-state index contributed by atoms with van der Waals surface area (Å²) in [6.45, 7) is 3.34.